The van der Waals surface area contributed by atoms with Crippen LogP contribution in [0.5, 0.6) is 0 Å². The summed E-state index contributed by atoms with van der Waals surface area (Å²) in [5.41, 5.74) is -0.140. The average Bonchev–Trinajstić information content (AvgIpc) is 2.66. The first-order chi connectivity index (χ1) is 7.50. The normalized spacial score (nSPS) is 14.1. The minimum Gasteiger partial charge on any atom is -0.377 e. The Labute approximate surface area is 98.0 Å². The van der Waals surface area contributed by atoms with Crippen LogP contribution in [0.15, 0.2) is 12.4 Å². The van der Waals surface area contributed by atoms with Crippen molar-refractivity contribution < 1.29 is 4.74 Å². The molecule has 1 heterocycles. The van der Waals surface area contributed by atoms with Crippen LogP contribution in [0.2, 0.25) is 0 Å². The molecule has 1 atom stereocenters. The Bertz CT molecular complexity index is 320. The third kappa shape index (κ3) is 3.32. The Morgan fingerprint density at radius 1 is 1.56 bits per heavy atom. The molecule has 0 fully saturated rings. The van der Waals surface area contributed by atoms with Crippen molar-refractivity contribution in [1.29, 1.82) is 0 Å². The molecule has 1 rings (SSSR count). The summed E-state index contributed by atoms with van der Waals surface area (Å²) >= 11 is 0. The van der Waals surface area contributed by atoms with Gasteiger partial charge in [-0.2, -0.15) is 0 Å². The molecule has 4 heteroatoms. The molecule has 0 amide bonds. The minimum absolute atomic E-state index is 0.140. The molecular weight excluding hydrogens is 202 g/mol. The Morgan fingerprint density at radius 2 is 2.25 bits per heavy atom. The molecule has 0 aliphatic rings. The van der Waals surface area contributed by atoms with E-state index in [2.05, 4.69) is 35.6 Å². The first-order valence-electron chi connectivity index (χ1n) is 5.76. The standard InChI is InChI=1S/C12H23N3O/c1-6-10(11-13-7-8-15(11)4)14-9-12(2,3)16-5/h7-8,10,14H,6,9H2,1-5H3. The third-order valence-electron chi connectivity index (χ3n) is 2.91. The van der Waals surface area contributed by atoms with E-state index in [1.54, 1.807) is 7.11 Å². The summed E-state index contributed by atoms with van der Waals surface area (Å²) in [6.45, 7) is 7.12. The molecule has 1 unspecified atom stereocenters. The van der Waals surface area contributed by atoms with Gasteiger partial charge >= 0.3 is 0 Å². The lowest BCUT2D eigenvalue weighted by Crippen LogP contribution is -2.39. The van der Waals surface area contributed by atoms with Crippen LogP contribution < -0.4 is 5.32 Å². The van der Waals surface area contributed by atoms with Crippen molar-refractivity contribution in [2.75, 3.05) is 13.7 Å². The molecule has 1 aromatic rings. The molecule has 0 radical (unpaired) electrons. The van der Waals surface area contributed by atoms with E-state index in [1.807, 2.05) is 19.4 Å². The fraction of sp³-hybridized carbons (Fsp3) is 0.750. The van der Waals surface area contributed by atoms with Gasteiger partial charge in [-0.1, -0.05) is 6.92 Å². The van der Waals surface area contributed by atoms with Crippen molar-refractivity contribution in [3.63, 3.8) is 0 Å². The van der Waals surface area contributed by atoms with E-state index in [0.717, 1.165) is 18.8 Å². The Balaban J connectivity index is 2.60. The number of ether oxygens (including phenoxy) is 1. The second-order valence-electron chi connectivity index (χ2n) is 4.70. The highest BCUT2D eigenvalue weighted by Crippen LogP contribution is 2.15. The monoisotopic (exact) mass is 225 g/mol. The van der Waals surface area contributed by atoms with Crippen molar-refractivity contribution in [3.05, 3.63) is 18.2 Å². The summed E-state index contributed by atoms with van der Waals surface area (Å²) < 4.78 is 7.45. The summed E-state index contributed by atoms with van der Waals surface area (Å²) in [6, 6.07) is 0.287. The van der Waals surface area contributed by atoms with Gasteiger partial charge in [-0.3, -0.25) is 0 Å². The van der Waals surface area contributed by atoms with Crippen LogP contribution in [0.3, 0.4) is 0 Å². The zero-order chi connectivity index (χ0) is 12.2. The van der Waals surface area contributed by atoms with Gasteiger partial charge in [-0.05, 0) is 20.3 Å². The van der Waals surface area contributed by atoms with Crippen molar-refractivity contribution in [2.45, 2.75) is 38.8 Å². The molecule has 0 aliphatic heterocycles. The summed E-state index contributed by atoms with van der Waals surface area (Å²) in [5, 5.41) is 3.50. The van der Waals surface area contributed by atoms with Crippen molar-refractivity contribution >= 4 is 0 Å². The van der Waals surface area contributed by atoms with Crippen LogP contribution in [-0.4, -0.2) is 28.8 Å². The summed E-state index contributed by atoms with van der Waals surface area (Å²) in [4.78, 5) is 4.37. The molecule has 16 heavy (non-hydrogen) atoms. The quantitative estimate of drug-likeness (QED) is 0.803. The van der Waals surface area contributed by atoms with E-state index in [4.69, 9.17) is 4.74 Å². The van der Waals surface area contributed by atoms with E-state index in [1.165, 1.54) is 0 Å². The summed E-state index contributed by atoms with van der Waals surface area (Å²) in [5.74, 6) is 1.08. The van der Waals surface area contributed by atoms with Crippen LogP contribution >= 0.6 is 0 Å². The van der Waals surface area contributed by atoms with Gasteiger partial charge < -0.3 is 14.6 Å². The van der Waals surface area contributed by atoms with E-state index in [9.17, 15) is 0 Å². The zero-order valence-electron chi connectivity index (χ0n) is 10.9. The maximum atomic E-state index is 5.39. The summed E-state index contributed by atoms with van der Waals surface area (Å²) in [6.07, 6.45) is 4.83. The Hall–Kier alpha value is -0.870. The fourth-order valence-electron chi connectivity index (χ4n) is 1.57. The second kappa shape index (κ2) is 5.46. The maximum Gasteiger partial charge on any atom is 0.125 e. The lowest BCUT2D eigenvalue weighted by molar-refractivity contribution is 0.0206. The molecule has 0 aromatic carbocycles. The minimum atomic E-state index is -0.140. The van der Waals surface area contributed by atoms with E-state index in [0.29, 0.717) is 0 Å². The number of methoxy groups -OCH3 is 1. The Kier molecular flexibility index (Phi) is 4.50. The highest BCUT2D eigenvalue weighted by Gasteiger charge is 2.20. The molecule has 0 aliphatic carbocycles. The van der Waals surface area contributed by atoms with Gasteiger partial charge in [-0.25, -0.2) is 4.98 Å². The van der Waals surface area contributed by atoms with Crippen LogP contribution in [0.25, 0.3) is 0 Å². The second-order valence-corrected chi connectivity index (χ2v) is 4.70. The van der Waals surface area contributed by atoms with Gasteiger partial charge in [0.1, 0.15) is 5.82 Å². The van der Waals surface area contributed by atoms with E-state index in [-0.39, 0.29) is 11.6 Å². The van der Waals surface area contributed by atoms with Gasteiger partial charge in [0.25, 0.3) is 0 Å². The van der Waals surface area contributed by atoms with Gasteiger partial charge in [0.05, 0.1) is 11.6 Å². The van der Waals surface area contributed by atoms with Crippen LogP contribution in [0.1, 0.15) is 39.1 Å². The number of nitrogens with one attached hydrogen (secondary N) is 1. The number of nitrogens with zero attached hydrogens (tertiary/aromatic N) is 2. The van der Waals surface area contributed by atoms with Crippen LogP contribution in [0.4, 0.5) is 0 Å². The largest absolute Gasteiger partial charge is 0.377 e. The predicted molar refractivity (Wildman–Crippen MR) is 65.3 cm³/mol. The fourth-order valence-corrected chi connectivity index (χ4v) is 1.57. The molecule has 1 N–H and O–H groups in total. The zero-order valence-corrected chi connectivity index (χ0v) is 10.9. The summed E-state index contributed by atoms with van der Waals surface area (Å²) in [7, 11) is 3.76. The highest BCUT2D eigenvalue weighted by molar-refractivity contribution is 4.98. The van der Waals surface area contributed by atoms with Crippen molar-refractivity contribution in [3.8, 4) is 0 Å². The Morgan fingerprint density at radius 3 is 2.69 bits per heavy atom. The molecule has 0 saturated heterocycles. The number of aryl methyl sites for hydroxylation is 1. The lowest BCUT2D eigenvalue weighted by Gasteiger charge is -2.26. The van der Waals surface area contributed by atoms with Crippen molar-refractivity contribution in [1.82, 2.24) is 14.9 Å². The lowest BCUT2D eigenvalue weighted by atomic mass is 10.1. The first kappa shape index (κ1) is 13.2. The number of aromatic nitrogens is 2. The molecular formula is C12H23N3O. The highest BCUT2D eigenvalue weighted by atomic mass is 16.5. The molecule has 1 aromatic heterocycles. The maximum absolute atomic E-state index is 5.39. The molecule has 92 valence electrons. The predicted octanol–water partition coefficient (Wildman–Crippen LogP) is 1.89. The smallest absolute Gasteiger partial charge is 0.125 e. The first-order valence-corrected chi connectivity index (χ1v) is 5.76. The van der Waals surface area contributed by atoms with Gasteiger partial charge in [-0.15, -0.1) is 0 Å². The number of imidazole rings is 1. The average molecular weight is 225 g/mol. The van der Waals surface area contributed by atoms with Crippen molar-refractivity contribution in [2.24, 2.45) is 7.05 Å². The van der Waals surface area contributed by atoms with Crippen LogP contribution in [0, 0.1) is 0 Å². The molecule has 0 saturated carbocycles. The third-order valence-corrected chi connectivity index (χ3v) is 2.91. The topological polar surface area (TPSA) is 39.1 Å². The van der Waals surface area contributed by atoms with Gasteiger partial charge in [0.2, 0.25) is 0 Å². The number of hydrogen-bond donors (Lipinski definition) is 1. The van der Waals surface area contributed by atoms with E-state index >= 15 is 0 Å². The molecule has 0 spiro atoms. The molecule has 0 bridgehead atoms. The van der Waals surface area contributed by atoms with Gasteiger partial charge in [0, 0.05) is 33.1 Å². The number of hydrogen-bond acceptors (Lipinski definition) is 3. The molecule has 4 nitrogen and oxygen atoms in total. The van der Waals surface area contributed by atoms with Crippen LogP contribution in [-0.2, 0) is 11.8 Å². The SMILES string of the molecule is CCC(NCC(C)(C)OC)c1nccn1C. The number of rotatable bonds is 6. The van der Waals surface area contributed by atoms with E-state index < -0.39 is 0 Å². The van der Waals surface area contributed by atoms with Gasteiger partial charge in [0.15, 0.2) is 0 Å².